The number of para-hydroxylation sites is 2. The molecule has 0 fully saturated rings. The van der Waals surface area contributed by atoms with Crippen molar-refractivity contribution in [1.82, 2.24) is 5.32 Å². The van der Waals surface area contributed by atoms with E-state index in [2.05, 4.69) is 28.9 Å². The van der Waals surface area contributed by atoms with Gasteiger partial charge < -0.3 is 25.1 Å². The van der Waals surface area contributed by atoms with Gasteiger partial charge in [-0.15, -0.1) is 0 Å². The van der Waals surface area contributed by atoms with Crippen LogP contribution in [0.2, 0.25) is 0 Å². The summed E-state index contributed by atoms with van der Waals surface area (Å²) >= 11 is 1.20. The molecule has 0 aliphatic carbocycles. The predicted molar refractivity (Wildman–Crippen MR) is 153 cm³/mol. The van der Waals surface area contributed by atoms with Crippen molar-refractivity contribution in [3.63, 3.8) is 0 Å². The number of ether oxygens (including phenoxy) is 1. The highest BCUT2D eigenvalue weighted by Crippen LogP contribution is 2.42. The molecule has 200 valence electrons. The molecule has 2 aromatic carbocycles. The van der Waals surface area contributed by atoms with Crippen LogP contribution in [0.25, 0.3) is 0 Å². The number of thioether (sulfide) groups is 1. The normalized spacial score (nSPS) is 14.9. The maximum atomic E-state index is 13.6. The first-order valence-corrected chi connectivity index (χ1v) is 13.5. The summed E-state index contributed by atoms with van der Waals surface area (Å²) in [5.74, 6) is 0.353. The lowest BCUT2D eigenvalue weighted by Gasteiger charge is -2.28. The van der Waals surface area contributed by atoms with Crippen LogP contribution in [0.4, 0.5) is 11.4 Å². The van der Waals surface area contributed by atoms with Crippen molar-refractivity contribution < 1.29 is 18.7 Å². The number of furan rings is 1. The third kappa shape index (κ3) is 6.36. The van der Waals surface area contributed by atoms with Crippen LogP contribution in [0, 0.1) is 18.3 Å². The van der Waals surface area contributed by atoms with Gasteiger partial charge in [0.05, 0.1) is 46.7 Å². The number of anilines is 2. The van der Waals surface area contributed by atoms with Crippen molar-refractivity contribution in [3.8, 4) is 11.8 Å². The van der Waals surface area contributed by atoms with E-state index in [1.165, 1.54) is 24.4 Å². The van der Waals surface area contributed by atoms with Gasteiger partial charge in [-0.05, 0) is 62.2 Å². The number of dihydropyridines is 1. The first-order valence-electron chi connectivity index (χ1n) is 12.5. The molecule has 0 spiro atoms. The molecule has 39 heavy (non-hydrogen) atoms. The molecule has 0 saturated carbocycles. The minimum atomic E-state index is -0.758. The van der Waals surface area contributed by atoms with E-state index in [-0.39, 0.29) is 11.7 Å². The maximum Gasteiger partial charge on any atom is 0.254 e. The number of hydrogen-bond acceptors (Lipinski definition) is 7. The Morgan fingerprint density at radius 2 is 1.82 bits per heavy atom. The van der Waals surface area contributed by atoms with Gasteiger partial charge in [0.25, 0.3) is 5.91 Å². The van der Waals surface area contributed by atoms with Crippen LogP contribution in [-0.2, 0) is 16.0 Å². The smallest absolute Gasteiger partial charge is 0.254 e. The van der Waals surface area contributed by atoms with E-state index < -0.39 is 11.8 Å². The van der Waals surface area contributed by atoms with Crippen molar-refractivity contribution >= 4 is 35.0 Å². The number of hydrogen-bond donors (Lipinski definition) is 3. The zero-order valence-corrected chi connectivity index (χ0v) is 23.1. The van der Waals surface area contributed by atoms with Gasteiger partial charge in [0.15, 0.2) is 0 Å². The van der Waals surface area contributed by atoms with Gasteiger partial charge in [0, 0.05) is 11.4 Å². The van der Waals surface area contributed by atoms with Crippen molar-refractivity contribution in [1.29, 1.82) is 5.26 Å². The minimum Gasteiger partial charge on any atom is -0.495 e. The van der Waals surface area contributed by atoms with Crippen molar-refractivity contribution in [3.05, 3.63) is 99.6 Å². The second-order valence-corrected chi connectivity index (χ2v) is 9.93. The molecule has 1 aromatic heterocycles. The summed E-state index contributed by atoms with van der Waals surface area (Å²) in [6, 6.07) is 20.6. The highest BCUT2D eigenvalue weighted by Gasteiger charge is 2.37. The van der Waals surface area contributed by atoms with Crippen LogP contribution in [0.5, 0.6) is 5.75 Å². The average Bonchev–Trinajstić information content (AvgIpc) is 3.37. The van der Waals surface area contributed by atoms with Gasteiger partial charge in [-0.25, -0.2) is 0 Å². The molecular weight excluding hydrogens is 512 g/mol. The Labute approximate surface area is 232 Å². The van der Waals surface area contributed by atoms with Crippen LogP contribution < -0.4 is 20.7 Å². The van der Waals surface area contributed by atoms with Gasteiger partial charge in [0.1, 0.15) is 17.3 Å². The molecule has 0 saturated heterocycles. The number of benzene rings is 2. The zero-order chi connectivity index (χ0) is 27.9. The van der Waals surface area contributed by atoms with Crippen LogP contribution in [-0.4, -0.2) is 24.7 Å². The molecule has 8 nitrogen and oxygen atoms in total. The summed E-state index contributed by atoms with van der Waals surface area (Å²) in [7, 11) is 1.53. The highest BCUT2D eigenvalue weighted by molar-refractivity contribution is 8.03. The van der Waals surface area contributed by atoms with Gasteiger partial charge in [0.2, 0.25) is 5.91 Å². The molecule has 1 atom stereocenters. The molecule has 0 radical (unpaired) electrons. The highest BCUT2D eigenvalue weighted by atomic mass is 32.2. The molecule has 3 aromatic rings. The van der Waals surface area contributed by atoms with Gasteiger partial charge in [-0.2, -0.15) is 5.26 Å². The number of allylic oxidation sites excluding steroid dienone is 2. The number of carbonyl (C=O) groups is 2. The number of nitrogens with one attached hydrogen (secondary N) is 3. The van der Waals surface area contributed by atoms with Crippen LogP contribution in [0.15, 0.2) is 87.0 Å². The van der Waals surface area contributed by atoms with Crippen LogP contribution in [0.1, 0.15) is 36.8 Å². The number of amides is 2. The van der Waals surface area contributed by atoms with Crippen molar-refractivity contribution in [2.45, 2.75) is 33.1 Å². The van der Waals surface area contributed by atoms with Crippen molar-refractivity contribution in [2.75, 3.05) is 23.5 Å². The minimum absolute atomic E-state index is 0.0724. The second-order valence-electron chi connectivity index (χ2n) is 8.94. The van der Waals surface area contributed by atoms with E-state index in [9.17, 15) is 14.9 Å². The van der Waals surface area contributed by atoms with E-state index in [4.69, 9.17) is 9.15 Å². The molecule has 0 unspecified atom stereocenters. The number of methoxy groups -OCH3 is 1. The molecular formula is C30H30N4O4S. The molecule has 1 aliphatic heterocycles. The average molecular weight is 543 g/mol. The first-order chi connectivity index (χ1) is 18.8. The summed E-state index contributed by atoms with van der Waals surface area (Å²) in [6.45, 7) is 5.64. The largest absolute Gasteiger partial charge is 0.495 e. The second kappa shape index (κ2) is 12.4. The van der Waals surface area contributed by atoms with E-state index in [0.29, 0.717) is 50.5 Å². The summed E-state index contributed by atoms with van der Waals surface area (Å²) < 4.78 is 11.3. The number of nitrogens with zero attached hydrogens (tertiary/aromatic N) is 1. The van der Waals surface area contributed by atoms with E-state index in [1.54, 1.807) is 44.2 Å². The maximum absolute atomic E-state index is 13.6. The Morgan fingerprint density at radius 1 is 1.08 bits per heavy atom. The topological polar surface area (TPSA) is 116 Å². The Bertz CT molecular complexity index is 1480. The van der Waals surface area contributed by atoms with E-state index >= 15 is 0 Å². The van der Waals surface area contributed by atoms with Gasteiger partial charge in [-0.3, -0.25) is 9.59 Å². The van der Waals surface area contributed by atoms with Crippen molar-refractivity contribution in [2.24, 2.45) is 0 Å². The van der Waals surface area contributed by atoms with E-state index in [1.807, 2.05) is 30.3 Å². The third-order valence-corrected chi connectivity index (χ3v) is 7.30. The predicted octanol–water partition coefficient (Wildman–Crippen LogP) is 5.87. The Balaban J connectivity index is 1.59. The molecule has 9 heteroatoms. The number of nitriles is 1. The van der Waals surface area contributed by atoms with Crippen LogP contribution >= 0.6 is 11.8 Å². The fourth-order valence-corrected chi connectivity index (χ4v) is 5.21. The lowest BCUT2D eigenvalue weighted by atomic mass is 9.85. The Morgan fingerprint density at radius 3 is 2.46 bits per heavy atom. The molecule has 4 rings (SSSR count). The standard InChI is InChI=1S/C30H30N4O4S/c1-5-20-11-13-21(14-12-20)33-26(35)17-39-30-22(16-31)28(25-15-10-18(2)38-25)27(19(3)32-30)29(36)34-23-8-6-7-9-24(23)37-4/h6-15,28,32H,5,17H2,1-4H3,(H,33,35)(H,34,36)/t28-/m0/s1. The summed E-state index contributed by atoms with van der Waals surface area (Å²) in [5.41, 5.74) is 3.59. The summed E-state index contributed by atoms with van der Waals surface area (Å²) in [4.78, 5) is 26.3. The molecule has 2 heterocycles. The molecule has 0 bridgehead atoms. The number of aryl methyl sites for hydroxylation is 2. The van der Waals surface area contributed by atoms with Gasteiger partial charge >= 0.3 is 0 Å². The summed E-state index contributed by atoms with van der Waals surface area (Å²) in [5, 5.41) is 19.7. The monoisotopic (exact) mass is 542 g/mol. The number of carbonyl (C=O) groups excluding carboxylic acids is 2. The molecule has 3 N–H and O–H groups in total. The first kappa shape index (κ1) is 27.6. The quantitative estimate of drug-likeness (QED) is 0.310. The fraction of sp³-hybridized carbons (Fsp3) is 0.233. The molecule has 1 aliphatic rings. The number of rotatable bonds is 9. The third-order valence-electron chi connectivity index (χ3n) is 6.29. The Hall–Kier alpha value is -4.42. The Kier molecular flexibility index (Phi) is 8.79. The lowest BCUT2D eigenvalue weighted by molar-refractivity contribution is -0.114. The summed E-state index contributed by atoms with van der Waals surface area (Å²) in [6.07, 6.45) is 0.920. The zero-order valence-electron chi connectivity index (χ0n) is 22.3. The fourth-order valence-electron chi connectivity index (χ4n) is 4.32. The van der Waals surface area contributed by atoms with Crippen LogP contribution in [0.3, 0.4) is 0 Å². The molecule has 2 amide bonds. The van der Waals surface area contributed by atoms with E-state index in [0.717, 1.165) is 6.42 Å². The SMILES string of the molecule is CCc1ccc(NC(=O)CSC2=C(C#N)[C@@H](c3ccc(C)o3)C(C(=O)Nc3ccccc3OC)=C(C)N2)cc1. The lowest BCUT2D eigenvalue weighted by Crippen LogP contribution is -2.31. The van der Waals surface area contributed by atoms with Gasteiger partial charge in [-0.1, -0.05) is 43.0 Å².